The van der Waals surface area contributed by atoms with Crippen molar-refractivity contribution in [2.75, 3.05) is 0 Å². The van der Waals surface area contributed by atoms with Gasteiger partial charge in [-0.2, -0.15) is 5.10 Å². The summed E-state index contributed by atoms with van der Waals surface area (Å²) in [5.41, 5.74) is 5.28. The summed E-state index contributed by atoms with van der Waals surface area (Å²) >= 11 is 12.2. The van der Waals surface area contributed by atoms with Gasteiger partial charge >= 0.3 is 0 Å². The molecule has 1 heterocycles. The molecule has 5 nitrogen and oxygen atoms in total. The molecule has 0 fully saturated rings. The van der Waals surface area contributed by atoms with Gasteiger partial charge in [0.2, 0.25) is 0 Å². The van der Waals surface area contributed by atoms with Crippen LogP contribution in [0.5, 0.6) is 5.75 Å². The third-order valence-electron chi connectivity index (χ3n) is 5.37. The maximum absolute atomic E-state index is 12.8. The molecule has 0 radical (unpaired) electrons. The minimum atomic E-state index is -0.163. The highest BCUT2D eigenvalue weighted by Crippen LogP contribution is 2.32. The van der Waals surface area contributed by atoms with E-state index in [0.717, 1.165) is 28.2 Å². The molecule has 33 heavy (non-hydrogen) atoms. The molecule has 4 aromatic rings. The van der Waals surface area contributed by atoms with Gasteiger partial charge in [-0.05, 0) is 55.8 Å². The van der Waals surface area contributed by atoms with Crippen molar-refractivity contribution in [3.8, 4) is 11.4 Å². The molecule has 0 aliphatic carbocycles. The molecule has 0 spiro atoms. The first-order valence-corrected chi connectivity index (χ1v) is 11.2. The first-order chi connectivity index (χ1) is 15.9. The van der Waals surface area contributed by atoms with Crippen LogP contribution in [-0.4, -0.2) is 15.7 Å². The number of para-hydroxylation sites is 1. The number of aryl methyl sites for hydroxylation is 1. The molecular weight excluding hydrogens is 457 g/mol. The first kappa shape index (κ1) is 22.9. The third-order valence-corrected chi connectivity index (χ3v) is 6.17. The van der Waals surface area contributed by atoms with Crippen LogP contribution >= 0.6 is 23.2 Å². The molecule has 0 aliphatic heterocycles. The molecule has 0 saturated carbocycles. The molecule has 168 valence electrons. The van der Waals surface area contributed by atoms with E-state index in [1.54, 1.807) is 30.3 Å². The fraction of sp³-hybridized carbons (Fsp3) is 0.154. The normalized spacial score (nSPS) is 10.8. The van der Waals surface area contributed by atoms with Gasteiger partial charge in [0.15, 0.2) is 0 Å². The second-order valence-electron chi connectivity index (χ2n) is 7.62. The fourth-order valence-electron chi connectivity index (χ4n) is 3.58. The predicted octanol–water partition coefficient (Wildman–Crippen LogP) is 6.30. The molecule has 0 aliphatic rings. The van der Waals surface area contributed by atoms with E-state index in [-0.39, 0.29) is 12.5 Å². The van der Waals surface area contributed by atoms with Gasteiger partial charge in [-0.15, -0.1) is 0 Å². The summed E-state index contributed by atoms with van der Waals surface area (Å²) in [4.78, 5) is 12.8. The van der Waals surface area contributed by atoms with Crippen LogP contribution in [0.1, 0.15) is 32.9 Å². The molecule has 3 aromatic carbocycles. The summed E-state index contributed by atoms with van der Waals surface area (Å²) in [7, 11) is 0. The molecule has 0 bridgehead atoms. The number of ether oxygens (including phenoxy) is 1. The predicted molar refractivity (Wildman–Crippen MR) is 131 cm³/mol. The molecule has 7 heteroatoms. The number of nitrogens with zero attached hydrogens (tertiary/aromatic N) is 2. The van der Waals surface area contributed by atoms with Crippen molar-refractivity contribution in [2.24, 2.45) is 0 Å². The van der Waals surface area contributed by atoms with Crippen molar-refractivity contribution in [1.82, 2.24) is 15.1 Å². The van der Waals surface area contributed by atoms with Crippen molar-refractivity contribution in [1.29, 1.82) is 0 Å². The van der Waals surface area contributed by atoms with Gasteiger partial charge in [0, 0.05) is 23.4 Å². The minimum Gasteiger partial charge on any atom is -0.487 e. The SMILES string of the molecule is Cc1nn(-c2ccccc2)c(C)c1CNC(=O)c1cccc(COc2cccc(Cl)c2Cl)c1. The van der Waals surface area contributed by atoms with Gasteiger partial charge in [0.05, 0.1) is 16.4 Å². The Kier molecular flexibility index (Phi) is 7.02. The van der Waals surface area contributed by atoms with Gasteiger partial charge in [-0.3, -0.25) is 4.79 Å². The van der Waals surface area contributed by atoms with Crippen LogP contribution in [0.15, 0.2) is 72.8 Å². The van der Waals surface area contributed by atoms with E-state index in [1.807, 2.05) is 61.0 Å². The Labute approximate surface area is 202 Å². The van der Waals surface area contributed by atoms with E-state index in [4.69, 9.17) is 27.9 Å². The zero-order valence-corrected chi connectivity index (χ0v) is 19.8. The van der Waals surface area contributed by atoms with E-state index in [0.29, 0.717) is 27.9 Å². The summed E-state index contributed by atoms with van der Waals surface area (Å²) < 4.78 is 7.68. The third kappa shape index (κ3) is 5.21. The number of benzene rings is 3. The summed E-state index contributed by atoms with van der Waals surface area (Å²) in [5.74, 6) is 0.337. The quantitative estimate of drug-likeness (QED) is 0.338. The topological polar surface area (TPSA) is 56.2 Å². The Morgan fingerprint density at radius 2 is 1.76 bits per heavy atom. The zero-order chi connectivity index (χ0) is 23.4. The average molecular weight is 480 g/mol. The van der Waals surface area contributed by atoms with Gasteiger partial charge in [-0.25, -0.2) is 4.68 Å². The van der Waals surface area contributed by atoms with Crippen molar-refractivity contribution in [3.05, 3.63) is 111 Å². The second-order valence-corrected chi connectivity index (χ2v) is 8.41. The highest BCUT2D eigenvalue weighted by molar-refractivity contribution is 6.42. The van der Waals surface area contributed by atoms with Crippen LogP contribution in [-0.2, 0) is 13.2 Å². The molecule has 4 rings (SSSR count). The molecule has 1 amide bonds. The molecular formula is C26H23Cl2N3O2. The summed E-state index contributed by atoms with van der Waals surface area (Å²) in [6.45, 7) is 4.62. The van der Waals surface area contributed by atoms with Gasteiger partial charge in [0.25, 0.3) is 5.91 Å². The standard InChI is InChI=1S/C26H23Cl2N3O2/c1-17-22(18(2)31(30-17)21-10-4-3-5-11-21)15-29-26(32)20-9-6-8-19(14-20)16-33-24-13-7-12-23(27)25(24)28/h3-14H,15-16H2,1-2H3,(H,29,32). The largest absolute Gasteiger partial charge is 0.487 e. The monoisotopic (exact) mass is 479 g/mol. The minimum absolute atomic E-state index is 0.163. The Morgan fingerprint density at radius 3 is 2.55 bits per heavy atom. The van der Waals surface area contributed by atoms with Crippen LogP contribution in [0.4, 0.5) is 0 Å². The second kappa shape index (κ2) is 10.1. The van der Waals surface area contributed by atoms with Crippen LogP contribution in [0, 0.1) is 13.8 Å². The van der Waals surface area contributed by atoms with Crippen molar-refractivity contribution in [3.63, 3.8) is 0 Å². The summed E-state index contributed by atoms with van der Waals surface area (Å²) in [5, 5.41) is 8.45. The maximum atomic E-state index is 12.8. The number of carbonyl (C=O) groups is 1. The van der Waals surface area contributed by atoms with Gasteiger partial charge < -0.3 is 10.1 Å². The number of halogens is 2. The molecule has 1 aromatic heterocycles. The van der Waals surface area contributed by atoms with E-state index in [9.17, 15) is 4.79 Å². The van der Waals surface area contributed by atoms with Crippen LogP contribution in [0.3, 0.4) is 0 Å². The van der Waals surface area contributed by atoms with Crippen LogP contribution in [0.2, 0.25) is 10.0 Å². The maximum Gasteiger partial charge on any atom is 0.251 e. The van der Waals surface area contributed by atoms with E-state index < -0.39 is 0 Å². The summed E-state index contributed by atoms with van der Waals surface area (Å²) in [6.07, 6.45) is 0. The van der Waals surface area contributed by atoms with Crippen LogP contribution in [0.25, 0.3) is 5.69 Å². The van der Waals surface area contributed by atoms with E-state index >= 15 is 0 Å². The lowest BCUT2D eigenvalue weighted by Gasteiger charge is -2.10. The number of nitrogens with one attached hydrogen (secondary N) is 1. The summed E-state index contributed by atoms with van der Waals surface area (Å²) in [6, 6.07) is 22.5. The zero-order valence-electron chi connectivity index (χ0n) is 18.3. The number of rotatable bonds is 7. The number of hydrogen-bond acceptors (Lipinski definition) is 3. The average Bonchev–Trinajstić information content (AvgIpc) is 3.12. The lowest BCUT2D eigenvalue weighted by molar-refractivity contribution is 0.0950. The van der Waals surface area contributed by atoms with E-state index in [2.05, 4.69) is 10.4 Å². The Morgan fingerprint density at radius 1 is 1.00 bits per heavy atom. The number of amides is 1. The van der Waals surface area contributed by atoms with Crippen molar-refractivity contribution >= 4 is 29.1 Å². The van der Waals surface area contributed by atoms with Crippen LogP contribution < -0.4 is 10.1 Å². The highest BCUT2D eigenvalue weighted by Gasteiger charge is 2.15. The Hall–Kier alpha value is -3.28. The fourth-order valence-corrected chi connectivity index (χ4v) is 3.93. The molecule has 0 atom stereocenters. The molecule has 0 unspecified atom stereocenters. The number of hydrogen-bond donors (Lipinski definition) is 1. The highest BCUT2D eigenvalue weighted by atomic mass is 35.5. The lowest BCUT2D eigenvalue weighted by atomic mass is 10.1. The van der Waals surface area contributed by atoms with E-state index in [1.165, 1.54) is 0 Å². The van der Waals surface area contributed by atoms with Crippen molar-refractivity contribution < 1.29 is 9.53 Å². The Bertz CT molecular complexity index is 1290. The number of aromatic nitrogens is 2. The lowest BCUT2D eigenvalue weighted by Crippen LogP contribution is -2.23. The van der Waals surface area contributed by atoms with Gasteiger partial charge in [-0.1, -0.05) is 59.6 Å². The molecule has 0 saturated heterocycles. The van der Waals surface area contributed by atoms with Crippen molar-refractivity contribution in [2.45, 2.75) is 27.0 Å². The smallest absolute Gasteiger partial charge is 0.251 e. The molecule has 1 N–H and O–H groups in total. The van der Waals surface area contributed by atoms with Gasteiger partial charge in [0.1, 0.15) is 17.4 Å². The number of carbonyl (C=O) groups excluding carboxylic acids is 1. The first-order valence-electron chi connectivity index (χ1n) is 10.5. The Balaban J connectivity index is 1.42.